The fraction of sp³-hybridized carbons (Fsp3) is 0.471. The Morgan fingerprint density at radius 1 is 1.33 bits per heavy atom. The zero-order valence-corrected chi connectivity index (χ0v) is 14.1. The second-order valence-electron chi connectivity index (χ2n) is 5.87. The molecule has 0 fully saturated rings. The Bertz CT molecular complexity index is 599. The Balaban J connectivity index is 1.99. The Labute approximate surface area is 131 Å². The molecule has 21 heavy (non-hydrogen) atoms. The van der Waals surface area contributed by atoms with Crippen LogP contribution in [0.25, 0.3) is 0 Å². The Morgan fingerprint density at radius 2 is 2.10 bits per heavy atom. The summed E-state index contributed by atoms with van der Waals surface area (Å²) in [4.78, 5) is 5.89. The molecule has 0 spiro atoms. The lowest BCUT2D eigenvalue weighted by Gasteiger charge is -2.17. The molecule has 1 aromatic heterocycles. The van der Waals surface area contributed by atoms with Crippen molar-refractivity contribution in [1.82, 2.24) is 4.98 Å². The van der Waals surface area contributed by atoms with Gasteiger partial charge in [0.25, 0.3) is 0 Å². The number of hydrogen-bond donors (Lipinski definition) is 1. The highest BCUT2D eigenvalue weighted by Crippen LogP contribution is 2.29. The molecule has 3 nitrogen and oxygen atoms in total. The van der Waals surface area contributed by atoms with Gasteiger partial charge in [-0.2, -0.15) is 0 Å². The first-order valence-electron chi connectivity index (χ1n) is 7.37. The molecule has 114 valence electrons. The molecule has 0 saturated carbocycles. The Morgan fingerprint density at radius 3 is 2.67 bits per heavy atom. The summed E-state index contributed by atoms with van der Waals surface area (Å²) in [6.45, 7) is 8.90. The van der Waals surface area contributed by atoms with Crippen molar-refractivity contribution in [3.63, 3.8) is 0 Å². The lowest BCUT2D eigenvalue weighted by atomic mass is 10.0. The Hall–Kier alpha value is -1.39. The lowest BCUT2D eigenvalue weighted by Crippen LogP contribution is -2.28. The first kappa shape index (κ1) is 16.0. The van der Waals surface area contributed by atoms with Gasteiger partial charge in [-0.1, -0.05) is 19.1 Å². The number of benzene rings is 1. The topological polar surface area (TPSA) is 48.1 Å². The van der Waals surface area contributed by atoms with Gasteiger partial charge < -0.3 is 10.5 Å². The van der Waals surface area contributed by atoms with Crippen LogP contribution in [0, 0.1) is 6.92 Å². The van der Waals surface area contributed by atoms with Crippen LogP contribution in [0.5, 0.6) is 5.75 Å². The van der Waals surface area contributed by atoms with Crippen LogP contribution >= 0.6 is 11.3 Å². The van der Waals surface area contributed by atoms with E-state index in [1.807, 2.05) is 32.0 Å². The van der Waals surface area contributed by atoms with Gasteiger partial charge in [-0.25, -0.2) is 4.98 Å². The van der Waals surface area contributed by atoms with Crippen molar-refractivity contribution in [2.24, 2.45) is 5.73 Å². The van der Waals surface area contributed by atoms with Crippen LogP contribution in [-0.2, 0) is 18.4 Å². The van der Waals surface area contributed by atoms with Gasteiger partial charge in [0.1, 0.15) is 5.75 Å². The molecule has 2 N–H and O–H groups in total. The summed E-state index contributed by atoms with van der Waals surface area (Å²) >= 11 is 1.71. The predicted octanol–water partition coefficient (Wildman–Crippen LogP) is 3.83. The summed E-state index contributed by atoms with van der Waals surface area (Å²) in [5, 5.41) is 1.10. The molecular weight excluding hydrogens is 280 g/mol. The van der Waals surface area contributed by atoms with Crippen molar-refractivity contribution in [3.8, 4) is 5.75 Å². The normalized spacial score (nSPS) is 11.7. The third-order valence-corrected chi connectivity index (χ3v) is 4.73. The van der Waals surface area contributed by atoms with Crippen molar-refractivity contribution < 1.29 is 4.74 Å². The molecule has 4 heteroatoms. The third kappa shape index (κ3) is 4.29. The summed E-state index contributed by atoms with van der Waals surface area (Å²) < 4.78 is 5.79. The van der Waals surface area contributed by atoms with E-state index in [1.165, 1.54) is 10.4 Å². The summed E-state index contributed by atoms with van der Waals surface area (Å²) in [6.07, 6.45) is 1.74. The quantitative estimate of drug-likeness (QED) is 0.882. The van der Waals surface area contributed by atoms with Gasteiger partial charge in [-0.15, -0.1) is 11.3 Å². The molecule has 1 aromatic carbocycles. The Kier molecular flexibility index (Phi) is 5.01. The molecule has 0 aliphatic heterocycles. The molecule has 2 rings (SSSR count). The van der Waals surface area contributed by atoms with E-state index in [0.717, 1.165) is 29.3 Å². The molecule has 0 aliphatic carbocycles. The van der Waals surface area contributed by atoms with Crippen LogP contribution < -0.4 is 10.5 Å². The lowest BCUT2D eigenvalue weighted by molar-refractivity contribution is 0.321. The van der Waals surface area contributed by atoms with Crippen LogP contribution in [-0.4, -0.2) is 11.6 Å². The number of nitrogens with zero attached hydrogens (tertiary/aromatic N) is 1. The van der Waals surface area contributed by atoms with E-state index in [0.29, 0.717) is 6.61 Å². The first-order chi connectivity index (χ1) is 9.90. The van der Waals surface area contributed by atoms with Crippen LogP contribution in [0.4, 0.5) is 0 Å². The van der Waals surface area contributed by atoms with E-state index in [1.54, 1.807) is 11.3 Å². The molecule has 1 heterocycles. The van der Waals surface area contributed by atoms with Gasteiger partial charge in [0.05, 0.1) is 17.3 Å². The number of aryl methyl sites for hydroxylation is 2. The zero-order valence-electron chi connectivity index (χ0n) is 13.3. The van der Waals surface area contributed by atoms with E-state index in [4.69, 9.17) is 15.5 Å². The highest BCUT2D eigenvalue weighted by atomic mass is 32.1. The van der Waals surface area contributed by atoms with Gasteiger partial charge in [-0.3, -0.25) is 0 Å². The van der Waals surface area contributed by atoms with Crippen LogP contribution in [0.15, 0.2) is 24.3 Å². The van der Waals surface area contributed by atoms with E-state index < -0.39 is 0 Å². The molecule has 0 radical (unpaired) electrons. The first-order valence-corrected chi connectivity index (χ1v) is 8.19. The van der Waals surface area contributed by atoms with Gasteiger partial charge in [0, 0.05) is 16.8 Å². The monoisotopic (exact) mass is 304 g/mol. The molecule has 0 aliphatic rings. The summed E-state index contributed by atoms with van der Waals surface area (Å²) in [7, 11) is 0. The van der Waals surface area contributed by atoms with E-state index in [2.05, 4.69) is 19.9 Å². The van der Waals surface area contributed by atoms with Crippen molar-refractivity contribution in [3.05, 3.63) is 45.4 Å². The molecule has 0 saturated heterocycles. The average Bonchev–Trinajstić information content (AvgIpc) is 2.82. The number of rotatable bonds is 6. The average molecular weight is 304 g/mol. The summed E-state index contributed by atoms with van der Waals surface area (Å²) in [5.41, 5.74) is 8.23. The highest BCUT2D eigenvalue weighted by molar-refractivity contribution is 7.11. The minimum atomic E-state index is -0.321. The van der Waals surface area contributed by atoms with Crippen molar-refractivity contribution in [2.75, 3.05) is 6.61 Å². The van der Waals surface area contributed by atoms with E-state index in [-0.39, 0.29) is 5.54 Å². The smallest absolute Gasteiger partial charge is 0.119 e. The van der Waals surface area contributed by atoms with E-state index >= 15 is 0 Å². The molecule has 0 amide bonds. The maximum atomic E-state index is 6.22. The molecule has 2 aromatic rings. The van der Waals surface area contributed by atoms with Crippen LogP contribution in [0.3, 0.4) is 0 Å². The molecule has 0 bridgehead atoms. The predicted molar refractivity (Wildman–Crippen MR) is 89.1 cm³/mol. The van der Waals surface area contributed by atoms with E-state index in [9.17, 15) is 0 Å². The number of thiazole rings is 1. The molecule has 0 atom stereocenters. The van der Waals surface area contributed by atoms with Crippen LogP contribution in [0.1, 0.15) is 41.9 Å². The molecule has 0 unspecified atom stereocenters. The highest BCUT2D eigenvalue weighted by Gasteiger charge is 2.22. The summed E-state index contributed by atoms with van der Waals surface area (Å²) in [5.74, 6) is 0.918. The van der Waals surface area contributed by atoms with Gasteiger partial charge >= 0.3 is 0 Å². The van der Waals surface area contributed by atoms with Crippen molar-refractivity contribution in [2.45, 2.75) is 46.1 Å². The second-order valence-corrected chi connectivity index (χ2v) is 6.96. The maximum Gasteiger partial charge on any atom is 0.119 e. The van der Waals surface area contributed by atoms with Crippen molar-refractivity contribution >= 4 is 11.3 Å². The van der Waals surface area contributed by atoms with Gasteiger partial charge in [-0.05, 0) is 44.9 Å². The van der Waals surface area contributed by atoms with Gasteiger partial charge in [0.2, 0.25) is 0 Å². The van der Waals surface area contributed by atoms with Gasteiger partial charge in [0.15, 0.2) is 0 Å². The minimum Gasteiger partial charge on any atom is -0.493 e. The standard InChI is InChI=1S/C17H24N2OS/c1-5-14-16(17(3,4)18)21-15(19-14)9-10-20-13-8-6-7-12(2)11-13/h6-8,11H,5,9-10,18H2,1-4H3. The summed E-state index contributed by atoms with van der Waals surface area (Å²) in [6, 6.07) is 8.11. The minimum absolute atomic E-state index is 0.321. The van der Waals surface area contributed by atoms with Crippen molar-refractivity contribution in [1.29, 1.82) is 0 Å². The molecular formula is C17H24N2OS. The maximum absolute atomic E-state index is 6.22. The number of nitrogens with two attached hydrogens (primary N) is 1. The van der Waals surface area contributed by atoms with Crippen LogP contribution in [0.2, 0.25) is 0 Å². The number of ether oxygens (including phenoxy) is 1. The third-order valence-electron chi connectivity index (χ3n) is 3.24. The fourth-order valence-electron chi connectivity index (χ4n) is 2.21. The zero-order chi connectivity index (χ0) is 15.5. The second kappa shape index (κ2) is 6.58. The number of aromatic nitrogens is 1. The largest absolute Gasteiger partial charge is 0.493 e. The SMILES string of the molecule is CCc1nc(CCOc2cccc(C)c2)sc1C(C)(C)N. The fourth-order valence-corrected chi connectivity index (χ4v) is 3.36. The number of hydrogen-bond acceptors (Lipinski definition) is 4.